The monoisotopic (exact) mass is 564 g/mol. The number of thioether (sulfide) groups is 1. The first-order chi connectivity index (χ1) is 18.6. The summed E-state index contributed by atoms with van der Waals surface area (Å²) in [5.41, 5.74) is 3.87. The summed E-state index contributed by atoms with van der Waals surface area (Å²) in [4.78, 5) is 36.2. The highest BCUT2D eigenvalue weighted by Crippen LogP contribution is 2.25. The Morgan fingerprint density at radius 1 is 1.03 bits per heavy atom. The Hall–Kier alpha value is -4.22. The SMILES string of the molecule is Cc1ccc(C)c(NC(=O)CSc2nnc(CNC(=O)c3ccc(C)c([N+](=O)[O-])c3)n2-c2cccc(Cl)c2)c1. The second kappa shape index (κ2) is 12.1. The number of aromatic nitrogens is 3. The fourth-order valence-corrected chi connectivity index (χ4v) is 4.73. The van der Waals surface area contributed by atoms with Crippen molar-refractivity contribution in [3.8, 4) is 5.69 Å². The molecule has 2 N–H and O–H groups in total. The fraction of sp³-hybridized carbons (Fsp3) is 0.185. The maximum atomic E-state index is 12.8. The molecule has 0 aliphatic rings. The van der Waals surface area contributed by atoms with E-state index in [0.29, 0.717) is 27.3 Å². The molecule has 200 valence electrons. The van der Waals surface area contributed by atoms with Crippen LogP contribution < -0.4 is 10.6 Å². The molecule has 12 heteroatoms. The molecule has 0 saturated heterocycles. The third kappa shape index (κ3) is 6.81. The molecule has 0 unspecified atom stereocenters. The molecule has 2 amide bonds. The summed E-state index contributed by atoms with van der Waals surface area (Å²) in [7, 11) is 0. The van der Waals surface area contributed by atoms with Crippen LogP contribution in [0.15, 0.2) is 65.8 Å². The van der Waals surface area contributed by atoms with E-state index in [1.165, 1.54) is 30.0 Å². The van der Waals surface area contributed by atoms with Gasteiger partial charge in [0.2, 0.25) is 5.91 Å². The van der Waals surface area contributed by atoms with E-state index >= 15 is 0 Å². The van der Waals surface area contributed by atoms with Gasteiger partial charge in [-0.2, -0.15) is 0 Å². The number of halogens is 1. The van der Waals surface area contributed by atoms with Crippen molar-refractivity contribution in [2.24, 2.45) is 0 Å². The highest BCUT2D eigenvalue weighted by atomic mass is 35.5. The molecule has 4 aromatic rings. The van der Waals surface area contributed by atoms with Gasteiger partial charge in [-0.25, -0.2) is 0 Å². The third-order valence-corrected chi connectivity index (χ3v) is 7.01. The maximum Gasteiger partial charge on any atom is 0.273 e. The number of nitro groups is 1. The predicted octanol–water partition coefficient (Wildman–Crippen LogP) is 5.41. The van der Waals surface area contributed by atoms with Gasteiger partial charge >= 0.3 is 0 Å². The number of carbonyl (C=O) groups excluding carboxylic acids is 2. The molecule has 0 bridgehead atoms. The molecule has 0 atom stereocenters. The smallest absolute Gasteiger partial charge is 0.273 e. The lowest BCUT2D eigenvalue weighted by Crippen LogP contribution is -2.25. The zero-order valence-corrected chi connectivity index (χ0v) is 23.0. The fourth-order valence-electron chi connectivity index (χ4n) is 3.78. The van der Waals surface area contributed by atoms with Crippen LogP contribution in [0, 0.1) is 30.9 Å². The first-order valence-corrected chi connectivity index (χ1v) is 13.2. The first kappa shape index (κ1) is 27.8. The van der Waals surface area contributed by atoms with Crippen molar-refractivity contribution < 1.29 is 14.5 Å². The largest absolute Gasteiger partial charge is 0.345 e. The van der Waals surface area contributed by atoms with Gasteiger partial charge in [-0.15, -0.1) is 10.2 Å². The van der Waals surface area contributed by atoms with Crippen LogP contribution in [0.25, 0.3) is 5.69 Å². The molecule has 0 spiro atoms. The molecular weight excluding hydrogens is 540 g/mol. The van der Waals surface area contributed by atoms with Gasteiger partial charge in [0.05, 0.1) is 22.9 Å². The van der Waals surface area contributed by atoms with E-state index in [9.17, 15) is 19.7 Å². The van der Waals surface area contributed by atoms with E-state index in [-0.39, 0.29) is 29.5 Å². The Bertz CT molecular complexity index is 1570. The van der Waals surface area contributed by atoms with Crippen LogP contribution in [0.4, 0.5) is 11.4 Å². The van der Waals surface area contributed by atoms with Crippen molar-refractivity contribution in [2.75, 3.05) is 11.1 Å². The standard InChI is InChI=1S/C27H25ClN6O4S/c1-16-7-8-17(2)22(11-16)30-25(35)15-39-27-32-31-24(33(27)21-6-4-5-20(28)13-21)14-29-26(36)19-10-9-18(3)23(12-19)34(37)38/h4-13H,14-15H2,1-3H3,(H,29,36)(H,30,35). The normalized spacial score (nSPS) is 10.8. The summed E-state index contributed by atoms with van der Waals surface area (Å²) in [6.07, 6.45) is 0. The molecule has 0 aliphatic heterocycles. The van der Waals surface area contributed by atoms with Crippen LogP contribution in [0.3, 0.4) is 0 Å². The lowest BCUT2D eigenvalue weighted by atomic mass is 10.1. The molecule has 3 aromatic carbocycles. The quantitative estimate of drug-likeness (QED) is 0.158. The van der Waals surface area contributed by atoms with Crippen molar-refractivity contribution in [1.29, 1.82) is 0 Å². The number of hydrogen-bond donors (Lipinski definition) is 2. The van der Waals surface area contributed by atoms with E-state index in [2.05, 4.69) is 20.8 Å². The molecule has 0 radical (unpaired) electrons. The molecule has 0 saturated carbocycles. The van der Waals surface area contributed by atoms with Gasteiger partial charge in [0.1, 0.15) is 0 Å². The Labute approximate surface area is 233 Å². The average Bonchev–Trinajstić information content (AvgIpc) is 3.31. The number of anilines is 1. The van der Waals surface area contributed by atoms with Crippen LogP contribution in [0.1, 0.15) is 32.9 Å². The Kier molecular flexibility index (Phi) is 8.62. The van der Waals surface area contributed by atoms with Crippen LogP contribution in [0.2, 0.25) is 5.02 Å². The van der Waals surface area contributed by atoms with Crippen LogP contribution in [-0.2, 0) is 11.3 Å². The number of carbonyl (C=O) groups is 2. The molecule has 1 heterocycles. The number of nitrogens with one attached hydrogen (secondary N) is 2. The van der Waals surface area contributed by atoms with Crippen LogP contribution in [0.5, 0.6) is 0 Å². The van der Waals surface area contributed by atoms with Gasteiger partial charge < -0.3 is 10.6 Å². The Morgan fingerprint density at radius 3 is 2.54 bits per heavy atom. The van der Waals surface area contributed by atoms with Gasteiger partial charge in [-0.1, -0.05) is 47.6 Å². The Balaban J connectivity index is 1.53. The number of nitrogens with zero attached hydrogens (tertiary/aromatic N) is 4. The number of hydrogen-bond acceptors (Lipinski definition) is 7. The van der Waals surface area contributed by atoms with Crippen LogP contribution in [-0.4, -0.2) is 37.3 Å². The zero-order valence-electron chi connectivity index (χ0n) is 21.4. The predicted molar refractivity (Wildman–Crippen MR) is 151 cm³/mol. The molecule has 39 heavy (non-hydrogen) atoms. The van der Waals surface area contributed by atoms with Crippen molar-refractivity contribution in [3.63, 3.8) is 0 Å². The van der Waals surface area contributed by atoms with Crippen molar-refractivity contribution in [2.45, 2.75) is 32.5 Å². The average molecular weight is 565 g/mol. The van der Waals surface area contributed by atoms with E-state index in [1.807, 2.05) is 38.1 Å². The van der Waals surface area contributed by atoms with Gasteiger partial charge in [-0.05, 0) is 62.2 Å². The van der Waals surface area contributed by atoms with E-state index in [0.717, 1.165) is 16.8 Å². The lowest BCUT2D eigenvalue weighted by molar-refractivity contribution is -0.385. The van der Waals surface area contributed by atoms with Crippen LogP contribution >= 0.6 is 23.4 Å². The Morgan fingerprint density at radius 2 is 1.79 bits per heavy atom. The number of benzene rings is 3. The minimum atomic E-state index is -0.526. The molecular formula is C27H25ClN6O4S. The first-order valence-electron chi connectivity index (χ1n) is 11.9. The highest BCUT2D eigenvalue weighted by Gasteiger charge is 2.19. The zero-order chi connectivity index (χ0) is 28.1. The second-order valence-electron chi connectivity index (χ2n) is 8.81. The highest BCUT2D eigenvalue weighted by molar-refractivity contribution is 7.99. The lowest BCUT2D eigenvalue weighted by Gasteiger charge is -2.12. The topological polar surface area (TPSA) is 132 Å². The summed E-state index contributed by atoms with van der Waals surface area (Å²) in [5.74, 6) is -0.235. The molecule has 0 aliphatic carbocycles. The molecule has 10 nitrogen and oxygen atoms in total. The number of nitro benzene ring substituents is 1. The minimum absolute atomic E-state index is 0.0186. The summed E-state index contributed by atoms with van der Waals surface area (Å²) in [6, 6.07) is 17.2. The molecule has 0 fully saturated rings. The van der Waals surface area contributed by atoms with Crippen molar-refractivity contribution in [1.82, 2.24) is 20.1 Å². The summed E-state index contributed by atoms with van der Waals surface area (Å²) < 4.78 is 1.71. The third-order valence-electron chi connectivity index (χ3n) is 5.84. The second-order valence-corrected chi connectivity index (χ2v) is 10.2. The summed E-state index contributed by atoms with van der Waals surface area (Å²) in [6.45, 7) is 5.47. The number of rotatable bonds is 9. The number of amides is 2. The van der Waals surface area contributed by atoms with Crippen molar-refractivity contribution in [3.05, 3.63) is 104 Å². The van der Waals surface area contributed by atoms with E-state index < -0.39 is 10.8 Å². The van der Waals surface area contributed by atoms with Crippen molar-refractivity contribution >= 4 is 46.6 Å². The van der Waals surface area contributed by atoms with Gasteiger partial charge in [0.25, 0.3) is 11.6 Å². The minimum Gasteiger partial charge on any atom is -0.345 e. The van der Waals surface area contributed by atoms with E-state index in [1.54, 1.807) is 29.7 Å². The summed E-state index contributed by atoms with van der Waals surface area (Å²) in [5, 5.41) is 26.3. The van der Waals surface area contributed by atoms with Gasteiger partial charge in [0.15, 0.2) is 11.0 Å². The molecule has 1 aromatic heterocycles. The van der Waals surface area contributed by atoms with Gasteiger partial charge in [0, 0.05) is 27.9 Å². The maximum absolute atomic E-state index is 12.8. The number of aryl methyl sites for hydroxylation is 3. The van der Waals surface area contributed by atoms with E-state index in [4.69, 9.17) is 11.6 Å². The molecule has 4 rings (SSSR count). The van der Waals surface area contributed by atoms with Gasteiger partial charge in [-0.3, -0.25) is 24.3 Å². The summed E-state index contributed by atoms with van der Waals surface area (Å²) >= 11 is 7.41.